The number of hydrogen-bond donors (Lipinski definition) is 0. The van der Waals surface area contributed by atoms with E-state index >= 15 is 0 Å². The van der Waals surface area contributed by atoms with Crippen molar-refractivity contribution in [1.29, 1.82) is 0 Å². The van der Waals surface area contributed by atoms with Gasteiger partial charge >= 0.3 is 23.9 Å². The Morgan fingerprint density at radius 3 is 0.640 bits per heavy atom. The van der Waals surface area contributed by atoms with Crippen LogP contribution in [0.3, 0.4) is 0 Å². The van der Waals surface area contributed by atoms with Crippen molar-refractivity contribution >= 4 is 61.1 Å². The van der Waals surface area contributed by atoms with Crippen molar-refractivity contribution in [2.75, 3.05) is 92.8 Å². The van der Waals surface area contributed by atoms with E-state index in [4.69, 9.17) is 18.9 Å². The lowest BCUT2D eigenvalue weighted by atomic mass is 10.0. The Bertz CT molecular complexity index is 1710. The Morgan fingerprint density at radius 2 is 0.414 bits per heavy atom. The molecule has 0 aromatic heterocycles. The summed E-state index contributed by atoms with van der Waals surface area (Å²) in [5.41, 5.74) is 0. The molecule has 12 nitrogen and oxygen atoms in total. The van der Waals surface area contributed by atoms with Crippen molar-refractivity contribution in [3.05, 3.63) is 0 Å². The Morgan fingerprint density at radius 1 is 0.225 bits per heavy atom. The van der Waals surface area contributed by atoms with Crippen LogP contribution in [0.4, 0.5) is 0 Å². The van der Waals surface area contributed by atoms with Gasteiger partial charge in [-0.3, -0.25) is 24.1 Å². The molecule has 0 fully saturated rings. The van der Waals surface area contributed by atoms with E-state index in [9.17, 15) is 19.2 Å². The van der Waals surface area contributed by atoms with Gasteiger partial charge in [0.2, 0.25) is 0 Å². The highest BCUT2D eigenvalue weighted by atomic mass is 35.5. The van der Waals surface area contributed by atoms with Crippen molar-refractivity contribution in [3.63, 3.8) is 0 Å². The fraction of sp³-hybridized carbons (Fsp3) is 0.958. The first-order valence-electron chi connectivity index (χ1n) is 48.4. The molecule has 15 heteroatoms. The van der Waals surface area contributed by atoms with Crippen LogP contribution in [0.25, 0.3) is 0 Å². The first-order valence-corrected chi connectivity index (χ1v) is 48.4. The monoisotopic (exact) mass is 1640 g/mol. The SMILES string of the molecule is CCCCCCCCCCCCCCCCCC(=O)OC(C)CN(CCCN(CC)CC)CC(C)OC(=O)CCCCCCCCCCCCCCCCC.CCCCCCCCCCCCCCCCCC(=O)OCCCN(CCCOC(=O)CCCCCCCCCCCCCCCCC)CCCN(C)C.Cl.Cl.Cl. The third-order valence-electron chi connectivity index (χ3n) is 22.3. The zero-order valence-corrected chi connectivity index (χ0v) is 78.5. The highest BCUT2D eigenvalue weighted by Crippen LogP contribution is 2.20. The molecule has 111 heavy (non-hydrogen) atoms. The molecular weight excluding hydrogens is 1440 g/mol. The van der Waals surface area contributed by atoms with Gasteiger partial charge < -0.3 is 33.6 Å². The maximum Gasteiger partial charge on any atom is 0.306 e. The van der Waals surface area contributed by atoms with E-state index in [0.717, 1.165) is 129 Å². The molecule has 0 heterocycles. The van der Waals surface area contributed by atoms with Crippen molar-refractivity contribution < 1.29 is 38.1 Å². The van der Waals surface area contributed by atoms with E-state index in [-0.39, 0.29) is 73.3 Å². The molecule has 0 aliphatic carbocycles. The van der Waals surface area contributed by atoms with E-state index in [2.05, 4.69) is 75.2 Å². The second-order valence-electron chi connectivity index (χ2n) is 33.7. The quantitative estimate of drug-likeness (QED) is 0.0328. The predicted octanol–water partition coefficient (Wildman–Crippen LogP) is 29.3. The molecule has 0 rings (SSSR count). The van der Waals surface area contributed by atoms with Gasteiger partial charge in [0.15, 0.2) is 0 Å². The van der Waals surface area contributed by atoms with Crippen LogP contribution in [0.15, 0.2) is 0 Å². The van der Waals surface area contributed by atoms with Gasteiger partial charge in [-0.25, -0.2) is 0 Å². The lowest BCUT2D eigenvalue weighted by Crippen LogP contribution is -2.40. The van der Waals surface area contributed by atoms with E-state index in [0.29, 0.717) is 52.0 Å². The van der Waals surface area contributed by atoms with Crippen LogP contribution in [0.5, 0.6) is 0 Å². The van der Waals surface area contributed by atoms with Crippen LogP contribution in [0.2, 0.25) is 0 Å². The van der Waals surface area contributed by atoms with Crippen LogP contribution in [-0.2, 0) is 38.1 Å². The molecule has 0 aromatic carbocycles. The number of halogens is 3. The van der Waals surface area contributed by atoms with Crippen molar-refractivity contribution in [3.8, 4) is 0 Å². The average molecular weight is 1640 g/mol. The first kappa shape index (κ1) is 118. The molecule has 0 N–H and O–H groups in total. The van der Waals surface area contributed by atoms with Gasteiger partial charge in [0.05, 0.1) is 13.2 Å². The number of esters is 4. The smallest absolute Gasteiger partial charge is 0.306 e. The van der Waals surface area contributed by atoms with Gasteiger partial charge in [-0.2, -0.15) is 0 Å². The number of unbranched alkanes of at least 4 members (excludes halogenated alkanes) is 56. The summed E-state index contributed by atoms with van der Waals surface area (Å²) in [6.45, 7) is 27.8. The fourth-order valence-electron chi connectivity index (χ4n) is 15.3. The minimum atomic E-state index is -0.180. The summed E-state index contributed by atoms with van der Waals surface area (Å²) >= 11 is 0. The van der Waals surface area contributed by atoms with Gasteiger partial charge in [-0.15, -0.1) is 37.2 Å². The van der Waals surface area contributed by atoms with Gasteiger partial charge in [0.25, 0.3) is 0 Å². The van der Waals surface area contributed by atoms with Crippen molar-refractivity contribution in [1.82, 2.24) is 19.6 Å². The van der Waals surface area contributed by atoms with Crippen LogP contribution in [0, 0.1) is 0 Å². The standard InChI is InChI=1S/C49H98N2O4.C47H94N2O4.3ClH/c1-7-11-13-15-17-19-21-23-25-27-29-31-33-35-37-40-48(52)54-46(5)44-51(43-39-42-50(9-3)10-4)45-47(6)55-49(53)41-38-36-34-32-30-28-26-24-22-20-18-16-14-12-8-2;1-5-7-9-11-13-15-17-19-21-23-25-27-29-31-33-38-46(50)52-44-36-42-49(41-35-40-48(3)4)43-37-45-53-47(51)39-34-32-30-28-26-24-22-20-18-16-14-12-10-8-6-2;;;/h46-47H,7-45H2,1-6H3;5-45H2,1-4H3;3*1H. The number of nitrogens with zero attached hydrogens (tertiary/aromatic N) is 4. The zero-order chi connectivity index (χ0) is 79.2. The second kappa shape index (κ2) is 99.2. The number of ether oxygens (including phenoxy) is 4. The van der Waals surface area contributed by atoms with E-state index in [1.54, 1.807) is 0 Å². The summed E-state index contributed by atoms with van der Waals surface area (Å²) in [6, 6.07) is 0. The molecule has 2 unspecified atom stereocenters. The van der Waals surface area contributed by atoms with Crippen molar-refractivity contribution in [2.45, 2.75) is 504 Å². The summed E-state index contributed by atoms with van der Waals surface area (Å²) in [5, 5.41) is 0. The Labute approximate surface area is 711 Å². The van der Waals surface area contributed by atoms with Gasteiger partial charge in [-0.1, -0.05) is 401 Å². The second-order valence-corrected chi connectivity index (χ2v) is 33.7. The third-order valence-corrected chi connectivity index (χ3v) is 22.3. The molecule has 0 amide bonds. The third kappa shape index (κ3) is 97.3. The number of rotatable bonds is 88. The molecular formula is C96H195Cl3N4O8. The van der Waals surface area contributed by atoms with Gasteiger partial charge in [-0.05, 0) is 119 Å². The molecule has 0 aliphatic heterocycles. The van der Waals surface area contributed by atoms with Crippen LogP contribution in [-0.4, -0.2) is 148 Å². The zero-order valence-electron chi connectivity index (χ0n) is 76.0. The summed E-state index contributed by atoms with van der Waals surface area (Å²) in [7, 11) is 4.22. The highest BCUT2D eigenvalue weighted by Gasteiger charge is 2.20. The number of hydrogen-bond acceptors (Lipinski definition) is 12. The molecule has 0 aromatic rings. The average Bonchev–Trinajstić information content (AvgIpc) is 0.922. The number of carbonyl (C=O) groups is 4. The topological polar surface area (TPSA) is 118 Å². The fourth-order valence-corrected chi connectivity index (χ4v) is 15.3. The van der Waals surface area contributed by atoms with Crippen molar-refractivity contribution in [2.24, 2.45) is 0 Å². The minimum absolute atomic E-state index is 0. The summed E-state index contributed by atoms with van der Waals surface area (Å²) in [5.74, 6) is -0.235. The first-order chi connectivity index (χ1) is 52.8. The molecule has 0 bridgehead atoms. The molecule has 2 atom stereocenters. The molecule has 668 valence electrons. The number of carbonyl (C=O) groups excluding carboxylic acids is 4. The largest absolute Gasteiger partial charge is 0.466 e. The van der Waals surface area contributed by atoms with E-state index in [1.165, 1.54) is 334 Å². The molecule has 0 saturated heterocycles. The van der Waals surface area contributed by atoms with E-state index in [1.807, 2.05) is 13.8 Å². The lowest BCUT2D eigenvalue weighted by Gasteiger charge is -2.29. The van der Waals surface area contributed by atoms with Crippen LogP contribution >= 0.6 is 37.2 Å². The van der Waals surface area contributed by atoms with Crippen LogP contribution < -0.4 is 0 Å². The molecule has 0 spiro atoms. The lowest BCUT2D eigenvalue weighted by molar-refractivity contribution is -0.151. The highest BCUT2D eigenvalue weighted by molar-refractivity contribution is 5.86. The van der Waals surface area contributed by atoms with Crippen LogP contribution in [0.1, 0.15) is 492 Å². The molecule has 0 aliphatic rings. The van der Waals surface area contributed by atoms with Gasteiger partial charge in [0.1, 0.15) is 12.2 Å². The Hall–Kier alpha value is -1.41. The summed E-state index contributed by atoms with van der Waals surface area (Å²) < 4.78 is 22.9. The predicted molar refractivity (Wildman–Crippen MR) is 491 cm³/mol. The summed E-state index contributed by atoms with van der Waals surface area (Å²) in [6.07, 6.45) is 85.3. The minimum Gasteiger partial charge on any atom is -0.466 e. The van der Waals surface area contributed by atoms with Gasteiger partial charge in [0, 0.05) is 51.9 Å². The normalized spacial score (nSPS) is 11.9. The Balaban J connectivity index is -0.000000657. The maximum absolute atomic E-state index is 12.7. The van der Waals surface area contributed by atoms with E-state index < -0.39 is 0 Å². The Kier molecular flexibility index (Phi) is 106. The maximum atomic E-state index is 12.7. The molecule has 0 saturated carbocycles. The summed E-state index contributed by atoms with van der Waals surface area (Å²) in [4.78, 5) is 59.4. The molecule has 0 radical (unpaired) electrons.